The molecule has 0 saturated carbocycles. The lowest BCUT2D eigenvalue weighted by Crippen LogP contribution is -3.29. The molecule has 4 nitrogen and oxygen atoms in total. The van der Waals surface area contributed by atoms with Crippen molar-refractivity contribution in [1.29, 1.82) is 0 Å². The number of fused-ring (bicyclic) bond motifs is 1. The van der Waals surface area contributed by atoms with E-state index in [1.807, 2.05) is 0 Å². The molecule has 116 valence electrons. The van der Waals surface area contributed by atoms with Crippen molar-refractivity contribution in [3.63, 3.8) is 0 Å². The van der Waals surface area contributed by atoms with Gasteiger partial charge in [0, 0.05) is 11.1 Å². The van der Waals surface area contributed by atoms with Gasteiger partial charge in [-0.1, -0.05) is 6.92 Å². The summed E-state index contributed by atoms with van der Waals surface area (Å²) in [5, 5.41) is 2.47. The van der Waals surface area contributed by atoms with Crippen LogP contribution in [0.15, 0.2) is 18.2 Å². The number of benzene rings is 1. The first kappa shape index (κ1) is 14.8. The first-order valence-electron chi connectivity index (χ1n) is 8.48. The highest BCUT2D eigenvalue weighted by Crippen LogP contribution is 2.23. The van der Waals surface area contributed by atoms with Crippen molar-refractivity contribution in [2.45, 2.75) is 25.9 Å². The van der Waals surface area contributed by atoms with Gasteiger partial charge < -0.3 is 19.9 Å². The Morgan fingerprint density at radius 1 is 1.24 bits per heavy atom. The van der Waals surface area contributed by atoms with Gasteiger partial charge in [0.05, 0.1) is 13.7 Å². The molecule has 0 bridgehead atoms. The number of methoxy groups -OCH3 is 1. The van der Waals surface area contributed by atoms with E-state index >= 15 is 0 Å². The van der Waals surface area contributed by atoms with Crippen molar-refractivity contribution in [3.8, 4) is 5.75 Å². The largest absolute Gasteiger partial charge is 0.497 e. The van der Waals surface area contributed by atoms with Gasteiger partial charge >= 0.3 is 0 Å². The molecule has 2 aliphatic heterocycles. The molecule has 0 amide bonds. The van der Waals surface area contributed by atoms with Crippen molar-refractivity contribution in [3.05, 3.63) is 29.3 Å². The Morgan fingerprint density at radius 2 is 2.05 bits per heavy atom. The Balaban J connectivity index is 1.73. The lowest BCUT2D eigenvalue weighted by atomic mass is 9.94. The SMILES string of the molecule is CCC[NH+]1CC[NH+]([C@H]2C[NH2+]Cc3ccc(OC)cc32)CC1. The van der Waals surface area contributed by atoms with Crippen LogP contribution >= 0.6 is 0 Å². The smallest absolute Gasteiger partial charge is 0.164 e. The Hall–Kier alpha value is -1.10. The molecule has 1 saturated heterocycles. The molecule has 1 atom stereocenters. The van der Waals surface area contributed by atoms with Crippen LogP contribution in [0.5, 0.6) is 5.75 Å². The van der Waals surface area contributed by atoms with Crippen LogP contribution in [0.25, 0.3) is 0 Å². The summed E-state index contributed by atoms with van der Waals surface area (Å²) in [5.41, 5.74) is 3.04. The van der Waals surface area contributed by atoms with E-state index in [2.05, 4.69) is 30.4 Å². The maximum Gasteiger partial charge on any atom is 0.164 e. The molecule has 0 unspecified atom stereocenters. The van der Waals surface area contributed by atoms with E-state index in [9.17, 15) is 0 Å². The summed E-state index contributed by atoms with van der Waals surface area (Å²) in [6, 6.07) is 7.29. The topological polar surface area (TPSA) is 34.7 Å². The third-order valence-corrected chi connectivity index (χ3v) is 5.19. The summed E-state index contributed by atoms with van der Waals surface area (Å²) in [4.78, 5) is 3.58. The van der Waals surface area contributed by atoms with Crippen LogP contribution in [0.2, 0.25) is 0 Å². The quantitative estimate of drug-likeness (QED) is 0.590. The van der Waals surface area contributed by atoms with Gasteiger partial charge in [-0.25, -0.2) is 0 Å². The standard InChI is InChI=1S/C17H27N3O/c1-3-6-19-7-9-20(10-8-19)17-13-18-12-14-4-5-15(21-2)11-16(14)17/h4-5,11,17-18H,3,6-10,12-13H2,1-2H3/p+3/t17-/m0/s1. The summed E-state index contributed by atoms with van der Waals surface area (Å²) >= 11 is 0. The van der Waals surface area contributed by atoms with Gasteiger partial charge in [0.15, 0.2) is 6.04 Å². The van der Waals surface area contributed by atoms with E-state index in [1.165, 1.54) is 56.8 Å². The number of hydrogen-bond donors (Lipinski definition) is 3. The molecule has 0 spiro atoms. The molecule has 2 heterocycles. The highest BCUT2D eigenvalue weighted by Gasteiger charge is 2.35. The van der Waals surface area contributed by atoms with E-state index < -0.39 is 0 Å². The molecule has 0 aromatic heterocycles. The average Bonchev–Trinajstić information content (AvgIpc) is 2.55. The lowest BCUT2D eigenvalue weighted by Gasteiger charge is -2.36. The molecule has 1 aromatic carbocycles. The minimum atomic E-state index is 0.645. The number of nitrogens with one attached hydrogen (secondary N) is 2. The average molecular weight is 292 g/mol. The maximum absolute atomic E-state index is 5.44. The second kappa shape index (κ2) is 6.77. The van der Waals surface area contributed by atoms with E-state index in [0.29, 0.717) is 6.04 Å². The van der Waals surface area contributed by atoms with Gasteiger partial charge in [-0.2, -0.15) is 0 Å². The van der Waals surface area contributed by atoms with Gasteiger partial charge in [0.2, 0.25) is 0 Å². The Labute approximate surface area is 128 Å². The molecule has 0 radical (unpaired) electrons. The normalized spacial score (nSPS) is 29.0. The number of quaternary nitrogens is 3. The number of nitrogens with two attached hydrogens (primary N) is 1. The second-order valence-corrected chi connectivity index (χ2v) is 6.50. The number of ether oxygens (including phenoxy) is 1. The van der Waals surface area contributed by atoms with Gasteiger partial charge in [0.1, 0.15) is 45.0 Å². The summed E-state index contributed by atoms with van der Waals surface area (Å²) < 4.78 is 5.44. The molecule has 4 N–H and O–H groups in total. The van der Waals surface area contributed by atoms with Gasteiger partial charge in [0.25, 0.3) is 0 Å². The van der Waals surface area contributed by atoms with Crippen LogP contribution in [0.1, 0.15) is 30.5 Å². The highest BCUT2D eigenvalue weighted by molar-refractivity contribution is 5.37. The monoisotopic (exact) mass is 292 g/mol. The van der Waals surface area contributed by atoms with Crippen LogP contribution < -0.4 is 19.9 Å². The third-order valence-electron chi connectivity index (χ3n) is 5.19. The van der Waals surface area contributed by atoms with Crippen LogP contribution in [0, 0.1) is 0 Å². The van der Waals surface area contributed by atoms with Crippen molar-refractivity contribution in [2.24, 2.45) is 0 Å². The molecular weight excluding hydrogens is 262 g/mol. The van der Waals surface area contributed by atoms with Crippen LogP contribution in [-0.2, 0) is 6.54 Å². The molecule has 0 aliphatic carbocycles. The predicted molar refractivity (Wildman–Crippen MR) is 82.8 cm³/mol. The number of hydrogen-bond acceptors (Lipinski definition) is 1. The van der Waals surface area contributed by atoms with Crippen LogP contribution in [-0.4, -0.2) is 46.4 Å². The maximum atomic E-state index is 5.44. The first-order chi connectivity index (χ1) is 10.3. The lowest BCUT2D eigenvalue weighted by molar-refractivity contribution is -1.03. The van der Waals surface area contributed by atoms with Crippen LogP contribution in [0.3, 0.4) is 0 Å². The first-order valence-corrected chi connectivity index (χ1v) is 8.48. The highest BCUT2D eigenvalue weighted by atomic mass is 16.5. The van der Waals surface area contributed by atoms with Crippen molar-refractivity contribution >= 4 is 0 Å². The third kappa shape index (κ3) is 3.23. The van der Waals surface area contributed by atoms with Gasteiger partial charge in [-0.05, 0) is 24.6 Å². The second-order valence-electron chi connectivity index (χ2n) is 6.50. The van der Waals surface area contributed by atoms with Crippen LogP contribution in [0.4, 0.5) is 0 Å². The molecule has 1 aromatic rings. The van der Waals surface area contributed by atoms with E-state index in [1.54, 1.807) is 16.9 Å². The minimum Gasteiger partial charge on any atom is -0.497 e. The van der Waals surface area contributed by atoms with E-state index in [0.717, 1.165) is 12.3 Å². The molecule has 4 heteroatoms. The van der Waals surface area contributed by atoms with Crippen molar-refractivity contribution in [2.75, 3.05) is 46.4 Å². The van der Waals surface area contributed by atoms with E-state index in [4.69, 9.17) is 4.74 Å². The summed E-state index contributed by atoms with van der Waals surface area (Å²) in [6.45, 7) is 11.3. The fourth-order valence-corrected chi connectivity index (χ4v) is 4.01. The van der Waals surface area contributed by atoms with Gasteiger partial charge in [-0.3, -0.25) is 0 Å². The molecule has 21 heavy (non-hydrogen) atoms. The van der Waals surface area contributed by atoms with Gasteiger partial charge in [-0.15, -0.1) is 0 Å². The Kier molecular flexibility index (Phi) is 4.78. The zero-order valence-electron chi connectivity index (χ0n) is 13.5. The summed E-state index contributed by atoms with van der Waals surface area (Å²) in [6.07, 6.45) is 1.31. The number of piperazine rings is 1. The fraction of sp³-hybridized carbons (Fsp3) is 0.647. The minimum absolute atomic E-state index is 0.645. The zero-order valence-corrected chi connectivity index (χ0v) is 13.5. The zero-order chi connectivity index (χ0) is 14.7. The Bertz CT molecular complexity index is 469. The van der Waals surface area contributed by atoms with Crippen molar-refractivity contribution < 1.29 is 19.9 Å². The molecule has 1 fully saturated rings. The summed E-state index contributed by atoms with van der Waals surface area (Å²) in [7, 11) is 1.77. The van der Waals surface area contributed by atoms with Crippen molar-refractivity contribution in [1.82, 2.24) is 0 Å². The Morgan fingerprint density at radius 3 is 2.76 bits per heavy atom. The number of rotatable bonds is 4. The summed E-state index contributed by atoms with van der Waals surface area (Å²) in [5.74, 6) is 1.01. The molecule has 3 rings (SSSR count). The molecule has 2 aliphatic rings. The fourth-order valence-electron chi connectivity index (χ4n) is 4.01. The predicted octanol–water partition coefficient (Wildman–Crippen LogP) is -1.99. The van der Waals surface area contributed by atoms with E-state index in [-0.39, 0.29) is 0 Å². The molecular formula is C17H30N3O+3.